The van der Waals surface area contributed by atoms with Gasteiger partial charge in [-0.15, -0.1) is 0 Å². The Morgan fingerprint density at radius 2 is 1.93 bits per heavy atom. The summed E-state index contributed by atoms with van der Waals surface area (Å²) in [7, 11) is 0. The molecule has 10 heteroatoms. The van der Waals surface area contributed by atoms with Gasteiger partial charge in [-0.25, -0.2) is 9.18 Å². The highest BCUT2D eigenvalue weighted by molar-refractivity contribution is 6.31. The maximum absolute atomic E-state index is 15.3. The number of benzene rings is 2. The van der Waals surface area contributed by atoms with Gasteiger partial charge in [0, 0.05) is 29.7 Å². The van der Waals surface area contributed by atoms with E-state index in [0.717, 1.165) is 42.9 Å². The van der Waals surface area contributed by atoms with Gasteiger partial charge in [0.15, 0.2) is 11.8 Å². The lowest BCUT2D eigenvalue weighted by molar-refractivity contribution is 0.318. The average molecular weight is 592 g/mol. The summed E-state index contributed by atoms with van der Waals surface area (Å²) in [6.45, 7) is 5.66. The number of fused-ring (bicyclic) bond motifs is 1. The molecular weight excluding hydrogens is 553 g/mol. The summed E-state index contributed by atoms with van der Waals surface area (Å²) >= 11 is 6.38. The van der Waals surface area contributed by atoms with Gasteiger partial charge < -0.3 is 21.8 Å². The first-order chi connectivity index (χ1) is 20.2. The van der Waals surface area contributed by atoms with Crippen molar-refractivity contribution in [2.45, 2.75) is 64.3 Å². The lowest BCUT2D eigenvalue weighted by atomic mass is 9.77. The van der Waals surface area contributed by atoms with Gasteiger partial charge in [0.2, 0.25) is 0 Å². The molecule has 1 atom stereocenters. The molecule has 8 nitrogen and oxygen atoms in total. The van der Waals surface area contributed by atoms with E-state index in [4.69, 9.17) is 23.1 Å². The number of rotatable bonds is 10. The maximum atomic E-state index is 15.3. The van der Waals surface area contributed by atoms with Crippen molar-refractivity contribution in [1.29, 1.82) is 0 Å². The van der Waals surface area contributed by atoms with Crippen molar-refractivity contribution in [3.8, 4) is 16.9 Å². The number of nitrogens with two attached hydrogens (primary N) is 2. The second-order valence-corrected chi connectivity index (χ2v) is 11.7. The number of hydrogen-bond donors (Lipinski definition) is 4. The molecule has 1 fully saturated rings. The Balaban J connectivity index is 1.35. The van der Waals surface area contributed by atoms with Gasteiger partial charge in [0.25, 0.3) is 0 Å². The quantitative estimate of drug-likeness (QED) is 0.0996. The number of guanidine groups is 1. The number of halogens is 2. The first kappa shape index (κ1) is 29.8. The molecule has 6 N–H and O–H groups in total. The molecule has 1 saturated carbocycles. The zero-order valence-electron chi connectivity index (χ0n) is 24.2. The molecule has 4 aromatic rings. The van der Waals surface area contributed by atoms with Crippen LogP contribution in [0.5, 0.6) is 0 Å². The minimum atomic E-state index is -0.473. The van der Waals surface area contributed by atoms with Crippen LogP contribution in [0.15, 0.2) is 58.4 Å². The fourth-order valence-corrected chi connectivity index (χ4v) is 6.15. The Kier molecular flexibility index (Phi) is 9.28. The number of nitrogens with zero attached hydrogens (tertiary/aromatic N) is 3. The summed E-state index contributed by atoms with van der Waals surface area (Å²) in [5.41, 5.74) is 14.5. The van der Waals surface area contributed by atoms with E-state index in [0.29, 0.717) is 40.4 Å². The van der Waals surface area contributed by atoms with Gasteiger partial charge >= 0.3 is 5.69 Å². The molecule has 2 aromatic heterocycles. The molecular formula is C32H39ClFN7O. The summed E-state index contributed by atoms with van der Waals surface area (Å²) in [4.78, 5) is 24.4. The van der Waals surface area contributed by atoms with Crippen LogP contribution in [0.1, 0.15) is 75.5 Å². The second kappa shape index (κ2) is 13.1. The van der Waals surface area contributed by atoms with Crippen LogP contribution in [0, 0.1) is 11.7 Å². The largest absolute Gasteiger partial charge is 0.370 e. The Labute approximate surface area is 250 Å². The van der Waals surface area contributed by atoms with Gasteiger partial charge in [-0.05, 0) is 98.9 Å². The molecule has 0 spiro atoms. The monoisotopic (exact) mass is 591 g/mol. The third-order valence-electron chi connectivity index (χ3n) is 8.50. The van der Waals surface area contributed by atoms with Crippen LogP contribution >= 0.6 is 11.6 Å². The first-order valence-corrected chi connectivity index (χ1v) is 15.1. The minimum absolute atomic E-state index is 0.0999. The summed E-state index contributed by atoms with van der Waals surface area (Å²) in [6, 6.07) is 13.4. The van der Waals surface area contributed by atoms with Crippen LogP contribution in [0.4, 0.5) is 4.39 Å². The average Bonchev–Trinajstić information content (AvgIpc) is 3.40. The van der Waals surface area contributed by atoms with E-state index < -0.39 is 11.5 Å². The predicted octanol–water partition coefficient (Wildman–Crippen LogP) is 6.17. The molecule has 5 rings (SSSR count). The minimum Gasteiger partial charge on any atom is -0.370 e. The normalized spacial score (nSPS) is 17.8. The molecule has 0 saturated heterocycles. The van der Waals surface area contributed by atoms with E-state index in [9.17, 15) is 4.79 Å². The topological polar surface area (TPSA) is 127 Å². The number of hydrogen-bond acceptors (Lipinski definition) is 4. The van der Waals surface area contributed by atoms with Crippen molar-refractivity contribution >= 4 is 28.6 Å². The Hall–Kier alpha value is -3.69. The SMILES string of the molecule is CCC1CCC(c2cc(Cl)c(F)c(-c3cc4cn(-c5ccc([C@H](C)NCCCN=C(N)N)cc5)c(=O)nc4[nH]3)c2)CC1. The number of aliphatic imine (C=N–C) groups is 1. The van der Waals surface area contributed by atoms with Gasteiger partial charge in [-0.1, -0.05) is 37.1 Å². The Bertz CT molecular complexity index is 1620. The molecule has 222 valence electrons. The number of aromatic amines is 1. The summed E-state index contributed by atoms with van der Waals surface area (Å²) < 4.78 is 16.8. The Morgan fingerprint density at radius 1 is 1.19 bits per heavy atom. The zero-order chi connectivity index (χ0) is 29.8. The maximum Gasteiger partial charge on any atom is 0.354 e. The smallest absolute Gasteiger partial charge is 0.354 e. The van der Waals surface area contributed by atoms with E-state index in [1.54, 1.807) is 12.3 Å². The standard InChI is InChI=1S/C32H39ClFN7O/c1-3-20-5-7-22(8-6-20)23-15-26(29(34)27(33)16-23)28-17-24-18-41(32(42)40-30(24)39-28)25-11-9-21(10-12-25)19(2)37-13-4-14-38-31(35)36/h9-12,15-20,22,37H,3-8,13-14H2,1-2H3,(H4,35,36,38)(H,39,40,42)/t19-,20?,22?/m0/s1. The van der Waals surface area contributed by atoms with Crippen molar-refractivity contribution in [2.75, 3.05) is 13.1 Å². The van der Waals surface area contributed by atoms with Gasteiger partial charge in [-0.3, -0.25) is 9.56 Å². The number of H-pyrrole nitrogens is 1. The van der Waals surface area contributed by atoms with Crippen molar-refractivity contribution in [3.63, 3.8) is 0 Å². The number of nitrogens with one attached hydrogen (secondary N) is 2. The highest BCUT2D eigenvalue weighted by Crippen LogP contribution is 2.40. The molecule has 1 aliphatic carbocycles. The molecule has 0 amide bonds. The van der Waals surface area contributed by atoms with E-state index in [1.807, 2.05) is 36.4 Å². The summed E-state index contributed by atoms with van der Waals surface area (Å²) in [5, 5.41) is 4.26. The molecule has 0 bridgehead atoms. The predicted molar refractivity (Wildman–Crippen MR) is 169 cm³/mol. The summed E-state index contributed by atoms with van der Waals surface area (Å²) in [6.07, 6.45) is 8.30. The molecule has 2 heterocycles. The van der Waals surface area contributed by atoms with Gasteiger partial charge in [-0.2, -0.15) is 4.98 Å². The highest BCUT2D eigenvalue weighted by Gasteiger charge is 2.24. The third kappa shape index (κ3) is 6.68. The van der Waals surface area contributed by atoms with Gasteiger partial charge in [0.1, 0.15) is 5.65 Å². The van der Waals surface area contributed by atoms with Crippen LogP contribution in [0.25, 0.3) is 28.0 Å². The van der Waals surface area contributed by atoms with E-state index in [-0.39, 0.29) is 17.0 Å². The molecule has 2 aromatic carbocycles. The lowest BCUT2D eigenvalue weighted by Gasteiger charge is -2.28. The van der Waals surface area contributed by atoms with Gasteiger partial charge in [0.05, 0.1) is 16.4 Å². The fourth-order valence-electron chi connectivity index (χ4n) is 5.92. The summed E-state index contributed by atoms with van der Waals surface area (Å²) in [5.74, 6) is 0.767. The molecule has 1 aliphatic rings. The molecule has 0 radical (unpaired) electrons. The van der Waals surface area contributed by atoms with Crippen LogP contribution in [0.2, 0.25) is 5.02 Å². The number of aromatic nitrogens is 3. The van der Waals surface area contributed by atoms with Crippen LogP contribution in [-0.4, -0.2) is 33.6 Å². The highest BCUT2D eigenvalue weighted by atomic mass is 35.5. The van der Waals surface area contributed by atoms with E-state index in [2.05, 4.69) is 34.1 Å². The molecule has 0 unspecified atom stereocenters. The van der Waals surface area contributed by atoms with Crippen molar-refractivity contribution in [1.82, 2.24) is 19.9 Å². The molecule has 0 aliphatic heterocycles. The third-order valence-corrected chi connectivity index (χ3v) is 8.77. The molecule has 42 heavy (non-hydrogen) atoms. The lowest BCUT2D eigenvalue weighted by Crippen LogP contribution is -2.24. The van der Waals surface area contributed by atoms with Crippen LogP contribution in [0.3, 0.4) is 0 Å². The van der Waals surface area contributed by atoms with Crippen molar-refractivity contribution in [2.24, 2.45) is 22.4 Å². The van der Waals surface area contributed by atoms with Crippen LogP contribution < -0.4 is 22.5 Å². The second-order valence-electron chi connectivity index (χ2n) is 11.3. The Morgan fingerprint density at radius 3 is 2.62 bits per heavy atom. The van der Waals surface area contributed by atoms with E-state index in [1.165, 1.54) is 23.8 Å². The van der Waals surface area contributed by atoms with Crippen molar-refractivity contribution in [3.05, 3.63) is 81.1 Å². The zero-order valence-corrected chi connectivity index (χ0v) is 24.9. The van der Waals surface area contributed by atoms with E-state index >= 15 is 4.39 Å². The van der Waals surface area contributed by atoms with Crippen LogP contribution in [-0.2, 0) is 0 Å². The fraction of sp³-hybridized carbons (Fsp3) is 0.406. The first-order valence-electron chi connectivity index (χ1n) is 14.7. The van der Waals surface area contributed by atoms with Crippen molar-refractivity contribution < 1.29 is 4.39 Å².